The van der Waals surface area contributed by atoms with Gasteiger partial charge in [-0.05, 0) is 46.7 Å². The van der Waals surface area contributed by atoms with Gasteiger partial charge in [0, 0.05) is 17.1 Å². The maximum Gasteiger partial charge on any atom is 0.138 e. The summed E-state index contributed by atoms with van der Waals surface area (Å²) in [7, 11) is 1.92. The molecule has 0 radical (unpaired) electrons. The predicted molar refractivity (Wildman–Crippen MR) is 82.7 cm³/mol. The highest BCUT2D eigenvalue weighted by Gasteiger charge is 2.07. The highest BCUT2D eigenvalue weighted by molar-refractivity contribution is 9.10. The quantitative estimate of drug-likeness (QED) is 0.871. The average molecular weight is 341 g/mol. The molecule has 0 unspecified atom stereocenters. The number of hydrogen-bond donors (Lipinski definition) is 1. The lowest BCUT2D eigenvalue weighted by Gasteiger charge is -2.13. The molecular formula is C15H15BrClNO. The molecule has 0 saturated heterocycles. The molecule has 4 heteroatoms. The van der Waals surface area contributed by atoms with Gasteiger partial charge >= 0.3 is 0 Å². The first kappa shape index (κ1) is 14.4. The zero-order valence-corrected chi connectivity index (χ0v) is 13.0. The topological polar surface area (TPSA) is 21.3 Å². The monoisotopic (exact) mass is 339 g/mol. The Morgan fingerprint density at radius 3 is 2.74 bits per heavy atom. The molecule has 19 heavy (non-hydrogen) atoms. The van der Waals surface area contributed by atoms with Crippen LogP contribution in [0.15, 0.2) is 46.9 Å². The fourth-order valence-corrected chi connectivity index (χ4v) is 2.56. The second-order valence-electron chi connectivity index (χ2n) is 4.18. The van der Waals surface area contributed by atoms with Crippen LogP contribution in [0, 0.1) is 0 Å². The molecular weight excluding hydrogens is 326 g/mol. The lowest BCUT2D eigenvalue weighted by atomic mass is 10.2. The van der Waals surface area contributed by atoms with Gasteiger partial charge in [0.25, 0.3) is 0 Å². The Balaban J connectivity index is 2.14. The van der Waals surface area contributed by atoms with Crippen molar-refractivity contribution in [1.82, 2.24) is 5.32 Å². The van der Waals surface area contributed by atoms with E-state index in [1.165, 1.54) is 0 Å². The lowest BCUT2D eigenvalue weighted by Crippen LogP contribution is -2.08. The Bertz CT molecular complexity index is 560. The summed E-state index contributed by atoms with van der Waals surface area (Å²) in [5.74, 6) is 0.872. The van der Waals surface area contributed by atoms with Gasteiger partial charge in [-0.25, -0.2) is 0 Å². The maximum absolute atomic E-state index is 5.96. The molecule has 0 bridgehead atoms. The summed E-state index contributed by atoms with van der Waals surface area (Å²) in [5.41, 5.74) is 2.18. The molecule has 0 fully saturated rings. The minimum absolute atomic E-state index is 0.500. The van der Waals surface area contributed by atoms with Crippen molar-refractivity contribution in [3.8, 4) is 5.75 Å². The van der Waals surface area contributed by atoms with E-state index < -0.39 is 0 Å². The molecule has 0 aliphatic heterocycles. The molecule has 0 aliphatic rings. The second-order valence-corrected chi connectivity index (χ2v) is 5.47. The van der Waals surface area contributed by atoms with Gasteiger partial charge in [-0.2, -0.15) is 0 Å². The molecule has 0 saturated carbocycles. The third-order valence-electron chi connectivity index (χ3n) is 2.69. The Kier molecular flexibility index (Phi) is 5.25. The minimum atomic E-state index is 0.500. The molecule has 2 aromatic carbocycles. The maximum atomic E-state index is 5.96. The Labute approximate surface area is 126 Å². The van der Waals surface area contributed by atoms with E-state index in [-0.39, 0.29) is 0 Å². The van der Waals surface area contributed by atoms with Gasteiger partial charge in [-0.15, -0.1) is 0 Å². The third kappa shape index (κ3) is 3.96. The number of hydrogen-bond acceptors (Lipinski definition) is 2. The SMILES string of the molecule is CNCc1cccc(Br)c1OCc1cccc(Cl)c1. The van der Waals surface area contributed by atoms with Crippen molar-refractivity contribution in [3.05, 3.63) is 63.1 Å². The Morgan fingerprint density at radius 1 is 1.21 bits per heavy atom. The standard InChI is InChI=1S/C15H15BrClNO/c1-18-9-12-5-3-7-14(16)15(12)19-10-11-4-2-6-13(17)8-11/h2-8,18H,9-10H2,1H3. The van der Waals surface area contributed by atoms with Gasteiger partial charge < -0.3 is 10.1 Å². The van der Waals surface area contributed by atoms with Crippen molar-refractivity contribution in [1.29, 1.82) is 0 Å². The molecule has 2 nitrogen and oxygen atoms in total. The third-order valence-corrected chi connectivity index (χ3v) is 3.55. The number of nitrogens with one attached hydrogen (secondary N) is 1. The molecule has 2 aromatic rings. The van der Waals surface area contributed by atoms with Gasteiger partial charge in [0.15, 0.2) is 0 Å². The zero-order chi connectivity index (χ0) is 13.7. The molecule has 0 aliphatic carbocycles. The van der Waals surface area contributed by atoms with Gasteiger partial charge in [-0.3, -0.25) is 0 Å². The molecule has 100 valence electrons. The number of para-hydroxylation sites is 1. The van der Waals surface area contributed by atoms with Gasteiger partial charge in [0.05, 0.1) is 4.47 Å². The highest BCUT2D eigenvalue weighted by Crippen LogP contribution is 2.30. The van der Waals surface area contributed by atoms with E-state index in [2.05, 4.69) is 27.3 Å². The van der Waals surface area contributed by atoms with Crippen LogP contribution in [0.5, 0.6) is 5.75 Å². The van der Waals surface area contributed by atoms with E-state index >= 15 is 0 Å². The van der Waals surface area contributed by atoms with Crippen molar-refractivity contribution in [2.24, 2.45) is 0 Å². The zero-order valence-electron chi connectivity index (χ0n) is 10.6. The summed E-state index contributed by atoms with van der Waals surface area (Å²) in [5, 5.41) is 3.86. The van der Waals surface area contributed by atoms with Crippen molar-refractivity contribution < 1.29 is 4.74 Å². The average Bonchev–Trinajstić information content (AvgIpc) is 2.38. The van der Waals surface area contributed by atoms with Crippen LogP contribution >= 0.6 is 27.5 Å². The number of benzene rings is 2. The molecule has 0 atom stereocenters. The summed E-state index contributed by atoms with van der Waals surface area (Å²) in [6.07, 6.45) is 0. The first-order valence-corrected chi connectivity index (χ1v) is 7.17. The van der Waals surface area contributed by atoms with Gasteiger partial charge in [0.1, 0.15) is 12.4 Å². The van der Waals surface area contributed by atoms with Crippen LogP contribution in [0.4, 0.5) is 0 Å². The van der Waals surface area contributed by atoms with E-state index in [0.717, 1.165) is 32.9 Å². The van der Waals surface area contributed by atoms with E-state index in [1.54, 1.807) is 0 Å². The van der Waals surface area contributed by atoms with E-state index in [4.69, 9.17) is 16.3 Å². The Hall–Kier alpha value is -1.03. The molecule has 0 spiro atoms. The van der Waals surface area contributed by atoms with Crippen LogP contribution in [0.25, 0.3) is 0 Å². The largest absolute Gasteiger partial charge is 0.487 e. The minimum Gasteiger partial charge on any atom is -0.487 e. The van der Waals surface area contributed by atoms with Crippen LogP contribution in [0.2, 0.25) is 5.02 Å². The van der Waals surface area contributed by atoms with Crippen LogP contribution in [-0.2, 0) is 13.2 Å². The predicted octanol–water partition coefficient (Wildman–Crippen LogP) is 4.40. The van der Waals surface area contributed by atoms with Crippen molar-refractivity contribution in [2.75, 3.05) is 7.05 Å². The summed E-state index contributed by atoms with van der Waals surface area (Å²) in [6, 6.07) is 13.7. The van der Waals surface area contributed by atoms with E-state index in [9.17, 15) is 0 Å². The molecule has 2 rings (SSSR count). The second kappa shape index (κ2) is 6.94. The van der Waals surface area contributed by atoms with Crippen LogP contribution in [0.1, 0.15) is 11.1 Å². The van der Waals surface area contributed by atoms with Crippen LogP contribution in [0.3, 0.4) is 0 Å². The van der Waals surface area contributed by atoms with Crippen molar-refractivity contribution in [3.63, 3.8) is 0 Å². The van der Waals surface area contributed by atoms with E-state index in [0.29, 0.717) is 6.61 Å². The number of halogens is 2. The lowest BCUT2D eigenvalue weighted by molar-refractivity contribution is 0.300. The summed E-state index contributed by atoms with van der Waals surface area (Å²) in [4.78, 5) is 0. The molecule has 0 aromatic heterocycles. The molecule has 0 heterocycles. The van der Waals surface area contributed by atoms with Crippen molar-refractivity contribution >= 4 is 27.5 Å². The van der Waals surface area contributed by atoms with Gasteiger partial charge in [0.2, 0.25) is 0 Å². The first-order valence-electron chi connectivity index (χ1n) is 6.00. The molecule has 0 amide bonds. The fourth-order valence-electron chi connectivity index (χ4n) is 1.83. The van der Waals surface area contributed by atoms with Crippen molar-refractivity contribution in [2.45, 2.75) is 13.2 Å². The summed E-state index contributed by atoms with van der Waals surface area (Å²) >= 11 is 9.49. The Morgan fingerprint density at radius 2 is 2.00 bits per heavy atom. The number of ether oxygens (including phenoxy) is 1. The van der Waals surface area contributed by atoms with Crippen LogP contribution < -0.4 is 10.1 Å². The number of rotatable bonds is 5. The van der Waals surface area contributed by atoms with Gasteiger partial charge in [-0.1, -0.05) is 35.9 Å². The summed E-state index contributed by atoms with van der Waals surface area (Å²) < 4.78 is 6.88. The summed E-state index contributed by atoms with van der Waals surface area (Å²) in [6.45, 7) is 1.27. The highest BCUT2D eigenvalue weighted by atomic mass is 79.9. The molecule has 1 N–H and O–H groups in total. The van der Waals surface area contributed by atoms with E-state index in [1.807, 2.05) is 43.4 Å². The fraction of sp³-hybridized carbons (Fsp3) is 0.200. The van der Waals surface area contributed by atoms with Crippen LogP contribution in [-0.4, -0.2) is 7.05 Å². The normalized spacial score (nSPS) is 10.5. The smallest absolute Gasteiger partial charge is 0.138 e. The first-order chi connectivity index (χ1) is 9.20.